The predicted octanol–water partition coefficient (Wildman–Crippen LogP) is 4.34. The highest BCUT2D eigenvalue weighted by atomic mass is 19.1. The van der Waals surface area contributed by atoms with Crippen molar-refractivity contribution in [1.82, 2.24) is 4.90 Å². The van der Waals surface area contributed by atoms with Crippen LogP contribution in [0, 0.1) is 11.7 Å². The van der Waals surface area contributed by atoms with Crippen LogP contribution in [0.1, 0.15) is 54.1 Å². The van der Waals surface area contributed by atoms with Gasteiger partial charge in [0.25, 0.3) is 5.91 Å². The van der Waals surface area contributed by atoms with E-state index >= 15 is 0 Å². The number of halogens is 1. The maximum absolute atomic E-state index is 14.3. The SMILES string of the molecule is COc1ccc([C@H]2[C@@H]3CCCC[C@]3(O)CCN2C(=O)c2ccccc2F)cc1. The summed E-state index contributed by atoms with van der Waals surface area (Å²) in [7, 11) is 1.61. The number of hydrogen-bond donors (Lipinski definition) is 1. The van der Waals surface area contributed by atoms with E-state index in [0.29, 0.717) is 13.0 Å². The van der Waals surface area contributed by atoms with Crippen LogP contribution in [0.5, 0.6) is 5.75 Å². The van der Waals surface area contributed by atoms with Crippen molar-refractivity contribution in [3.05, 3.63) is 65.5 Å². The van der Waals surface area contributed by atoms with Crippen LogP contribution in [0.3, 0.4) is 0 Å². The van der Waals surface area contributed by atoms with Gasteiger partial charge in [-0.3, -0.25) is 4.79 Å². The summed E-state index contributed by atoms with van der Waals surface area (Å²) in [6.45, 7) is 0.414. The standard InChI is InChI=1S/C23H26FNO3/c1-28-17-11-9-16(10-12-17)21-19-7-4-5-13-23(19,27)14-15-25(21)22(26)18-6-2-3-8-20(18)24/h2-3,6,8-12,19,21,27H,4-5,7,13-15H2,1H3/t19-,21-,23-/m0/s1. The fraction of sp³-hybridized carbons (Fsp3) is 0.435. The molecule has 1 N–H and O–H groups in total. The lowest BCUT2D eigenvalue weighted by molar-refractivity contribution is -0.115. The van der Waals surface area contributed by atoms with Gasteiger partial charge in [0.1, 0.15) is 11.6 Å². The Hall–Kier alpha value is -2.40. The third kappa shape index (κ3) is 3.28. The second-order valence-corrected chi connectivity index (χ2v) is 7.90. The molecule has 1 saturated heterocycles. The van der Waals surface area contributed by atoms with Crippen LogP contribution in [0.2, 0.25) is 0 Å². The molecule has 0 unspecified atom stereocenters. The van der Waals surface area contributed by atoms with Crippen LogP contribution in [0.4, 0.5) is 4.39 Å². The summed E-state index contributed by atoms with van der Waals surface area (Å²) < 4.78 is 19.6. The zero-order chi connectivity index (χ0) is 19.7. The van der Waals surface area contributed by atoms with E-state index in [1.165, 1.54) is 12.1 Å². The lowest BCUT2D eigenvalue weighted by Crippen LogP contribution is -2.56. The molecular weight excluding hydrogens is 357 g/mol. The van der Waals surface area contributed by atoms with E-state index in [4.69, 9.17) is 4.74 Å². The summed E-state index contributed by atoms with van der Waals surface area (Å²) in [5.41, 5.74) is 0.271. The molecule has 2 aromatic rings. The van der Waals surface area contributed by atoms with Crippen molar-refractivity contribution in [3.8, 4) is 5.75 Å². The topological polar surface area (TPSA) is 49.8 Å². The average molecular weight is 383 g/mol. The summed E-state index contributed by atoms with van der Waals surface area (Å²) >= 11 is 0. The van der Waals surface area contributed by atoms with Crippen molar-refractivity contribution >= 4 is 5.91 Å². The van der Waals surface area contributed by atoms with Gasteiger partial charge in [-0.25, -0.2) is 4.39 Å². The van der Waals surface area contributed by atoms with Crippen LogP contribution in [0.15, 0.2) is 48.5 Å². The first-order chi connectivity index (χ1) is 13.5. The Balaban J connectivity index is 1.75. The number of carbonyl (C=O) groups is 1. The van der Waals surface area contributed by atoms with E-state index in [1.807, 2.05) is 24.3 Å². The molecule has 1 amide bonds. The van der Waals surface area contributed by atoms with Gasteiger partial charge >= 0.3 is 0 Å². The molecule has 28 heavy (non-hydrogen) atoms. The van der Waals surface area contributed by atoms with Crippen molar-refractivity contribution in [3.63, 3.8) is 0 Å². The Kier molecular flexibility index (Phi) is 5.11. The summed E-state index contributed by atoms with van der Waals surface area (Å²) in [6.07, 6.45) is 4.18. The van der Waals surface area contributed by atoms with E-state index < -0.39 is 11.4 Å². The van der Waals surface area contributed by atoms with Gasteiger partial charge in [-0.15, -0.1) is 0 Å². The van der Waals surface area contributed by atoms with Crippen molar-refractivity contribution in [2.45, 2.75) is 43.7 Å². The van der Waals surface area contributed by atoms with E-state index in [1.54, 1.807) is 24.1 Å². The number of benzene rings is 2. The minimum absolute atomic E-state index is 0.0564. The fourth-order valence-electron chi connectivity index (χ4n) is 4.91. The third-order valence-electron chi connectivity index (χ3n) is 6.39. The van der Waals surface area contributed by atoms with E-state index in [0.717, 1.165) is 37.0 Å². The molecule has 4 rings (SSSR count). The number of hydrogen-bond acceptors (Lipinski definition) is 3. The summed E-state index contributed by atoms with van der Waals surface area (Å²) in [4.78, 5) is 15.0. The maximum Gasteiger partial charge on any atom is 0.257 e. The number of carbonyl (C=O) groups excluding carboxylic acids is 1. The highest BCUT2D eigenvalue weighted by Gasteiger charge is 2.50. The zero-order valence-electron chi connectivity index (χ0n) is 16.1. The molecule has 1 aliphatic heterocycles. The van der Waals surface area contributed by atoms with E-state index in [2.05, 4.69) is 0 Å². The van der Waals surface area contributed by atoms with Gasteiger partial charge in [0.05, 0.1) is 24.3 Å². The molecule has 5 heteroatoms. The van der Waals surface area contributed by atoms with Crippen molar-refractivity contribution < 1.29 is 19.0 Å². The Morgan fingerprint density at radius 1 is 1.14 bits per heavy atom. The predicted molar refractivity (Wildman–Crippen MR) is 105 cm³/mol. The molecule has 4 nitrogen and oxygen atoms in total. The first-order valence-corrected chi connectivity index (χ1v) is 9.95. The number of aliphatic hydroxyl groups is 1. The van der Waals surface area contributed by atoms with Crippen molar-refractivity contribution in [2.24, 2.45) is 5.92 Å². The smallest absolute Gasteiger partial charge is 0.257 e. The van der Waals surface area contributed by atoms with Gasteiger partial charge in [-0.2, -0.15) is 0 Å². The Labute approximate surface area is 164 Å². The largest absolute Gasteiger partial charge is 0.497 e. The van der Waals surface area contributed by atoms with Crippen LogP contribution in [-0.4, -0.2) is 35.2 Å². The molecule has 0 radical (unpaired) electrons. The quantitative estimate of drug-likeness (QED) is 0.858. The third-order valence-corrected chi connectivity index (χ3v) is 6.39. The summed E-state index contributed by atoms with van der Waals surface area (Å²) in [5.74, 6) is -0.137. The number of rotatable bonds is 3. The molecule has 0 aromatic heterocycles. The van der Waals surface area contributed by atoms with Crippen LogP contribution in [0.25, 0.3) is 0 Å². The van der Waals surface area contributed by atoms with E-state index in [-0.39, 0.29) is 23.4 Å². The van der Waals surface area contributed by atoms with Gasteiger partial charge in [0, 0.05) is 12.5 Å². The zero-order valence-corrected chi connectivity index (χ0v) is 16.1. The first kappa shape index (κ1) is 18.9. The summed E-state index contributed by atoms with van der Waals surface area (Å²) in [5, 5.41) is 11.3. The number of methoxy groups -OCH3 is 1. The molecule has 2 aromatic carbocycles. The van der Waals surface area contributed by atoms with Gasteiger partial charge in [-0.05, 0) is 49.1 Å². The van der Waals surface area contributed by atoms with E-state index in [9.17, 15) is 14.3 Å². The van der Waals surface area contributed by atoms with Crippen LogP contribution in [-0.2, 0) is 0 Å². The Morgan fingerprint density at radius 2 is 1.89 bits per heavy atom. The van der Waals surface area contributed by atoms with Gasteiger partial charge < -0.3 is 14.7 Å². The second-order valence-electron chi connectivity index (χ2n) is 7.90. The van der Waals surface area contributed by atoms with Gasteiger partial charge in [0.2, 0.25) is 0 Å². The monoisotopic (exact) mass is 383 g/mol. The number of piperidine rings is 1. The fourth-order valence-corrected chi connectivity index (χ4v) is 4.91. The highest BCUT2D eigenvalue weighted by Crippen LogP contribution is 2.49. The molecule has 0 bridgehead atoms. The van der Waals surface area contributed by atoms with Crippen LogP contribution >= 0.6 is 0 Å². The average Bonchev–Trinajstić information content (AvgIpc) is 2.72. The number of nitrogens with zero attached hydrogens (tertiary/aromatic N) is 1. The molecule has 3 atom stereocenters. The lowest BCUT2D eigenvalue weighted by Gasteiger charge is -2.52. The summed E-state index contributed by atoms with van der Waals surface area (Å²) in [6, 6.07) is 13.5. The minimum atomic E-state index is -0.769. The highest BCUT2D eigenvalue weighted by molar-refractivity contribution is 5.95. The molecule has 1 heterocycles. The second kappa shape index (κ2) is 7.55. The maximum atomic E-state index is 14.3. The van der Waals surface area contributed by atoms with Crippen molar-refractivity contribution in [1.29, 1.82) is 0 Å². The Bertz CT molecular complexity index is 853. The first-order valence-electron chi connectivity index (χ1n) is 9.95. The molecular formula is C23H26FNO3. The number of likely N-dealkylation sites (tertiary alicyclic amines) is 1. The molecule has 2 aliphatic rings. The molecule has 1 aliphatic carbocycles. The minimum Gasteiger partial charge on any atom is -0.497 e. The van der Waals surface area contributed by atoms with Crippen molar-refractivity contribution in [2.75, 3.05) is 13.7 Å². The molecule has 2 fully saturated rings. The Morgan fingerprint density at radius 3 is 2.61 bits per heavy atom. The van der Waals surface area contributed by atoms with Gasteiger partial charge in [-0.1, -0.05) is 37.1 Å². The number of amides is 1. The number of ether oxygens (including phenoxy) is 1. The van der Waals surface area contributed by atoms with Crippen LogP contribution < -0.4 is 4.74 Å². The lowest BCUT2D eigenvalue weighted by atomic mass is 9.66. The molecule has 1 saturated carbocycles. The normalized spacial score (nSPS) is 27.2. The molecule has 0 spiro atoms. The van der Waals surface area contributed by atoms with Gasteiger partial charge in [0.15, 0.2) is 0 Å². The number of fused-ring (bicyclic) bond motifs is 1. The molecule has 148 valence electrons.